The summed E-state index contributed by atoms with van der Waals surface area (Å²) in [7, 11) is 1.63. The Morgan fingerprint density at radius 2 is 2.21 bits per heavy atom. The first-order chi connectivity index (χ1) is 6.69. The number of hydrogen-bond donors (Lipinski definition) is 1. The molecule has 0 aliphatic carbocycles. The highest BCUT2D eigenvalue weighted by Gasteiger charge is 2.03. The molecule has 0 heterocycles. The molecule has 0 fully saturated rings. The standard InChI is InChI=1S/C11H14ClNO/c1-8-9(4-3-5-13)6-10(12)7-11(8)14-2/h3-4,6-7H,5,13H2,1-2H3/b4-3+. The second-order valence-corrected chi connectivity index (χ2v) is 3.40. The Hall–Kier alpha value is -0.990. The average molecular weight is 212 g/mol. The summed E-state index contributed by atoms with van der Waals surface area (Å²) in [6, 6.07) is 3.70. The van der Waals surface area contributed by atoms with Gasteiger partial charge in [0.2, 0.25) is 0 Å². The minimum Gasteiger partial charge on any atom is -0.496 e. The van der Waals surface area contributed by atoms with Crippen LogP contribution in [-0.4, -0.2) is 13.7 Å². The van der Waals surface area contributed by atoms with Crippen LogP contribution in [0, 0.1) is 6.92 Å². The van der Waals surface area contributed by atoms with Gasteiger partial charge in [-0.1, -0.05) is 23.8 Å². The van der Waals surface area contributed by atoms with E-state index >= 15 is 0 Å². The molecule has 0 aliphatic heterocycles. The molecule has 0 unspecified atom stereocenters. The predicted molar refractivity (Wildman–Crippen MR) is 60.8 cm³/mol. The number of methoxy groups -OCH3 is 1. The van der Waals surface area contributed by atoms with Gasteiger partial charge in [-0.05, 0) is 30.2 Å². The van der Waals surface area contributed by atoms with Gasteiger partial charge in [0.1, 0.15) is 5.75 Å². The highest BCUT2D eigenvalue weighted by Crippen LogP contribution is 2.27. The minimum atomic E-state index is 0.522. The third-order valence-corrected chi connectivity index (χ3v) is 2.24. The molecule has 0 aromatic heterocycles. The summed E-state index contributed by atoms with van der Waals surface area (Å²) in [5.41, 5.74) is 7.50. The third kappa shape index (κ3) is 2.50. The van der Waals surface area contributed by atoms with Crippen LogP contribution < -0.4 is 10.5 Å². The molecule has 0 saturated heterocycles. The van der Waals surface area contributed by atoms with Crippen molar-refractivity contribution in [3.63, 3.8) is 0 Å². The van der Waals surface area contributed by atoms with E-state index in [0.717, 1.165) is 16.9 Å². The molecule has 14 heavy (non-hydrogen) atoms. The molecule has 0 atom stereocenters. The zero-order valence-corrected chi connectivity index (χ0v) is 9.14. The van der Waals surface area contributed by atoms with Gasteiger partial charge < -0.3 is 10.5 Å². The van der Waals surface area contributed by atoms with Crippen molar-refractivity contribution in [3.05, 3.63) is 34.4 Å². The molecule has 76 valence electrons. The zero-order chi connectivity index (χ0) is 10.6. The van der Waals surface area contributed by atoms with Gasteiger partial charge in [-0.15, -0.1) is 0 Å². The van der Waals surface area contributed by atoms with E-state index in [1.54, 1.807) is 13.2 Å². The largest absolute Gasteiger partial charge is 0.496 e. The Kier molecular flexibility index (Phi) is 3.98. The number of benzene rings is 1. The van der Waals surface area contributed by atoms with Crippen molar-refractivity contribution in [2.75, 3.05) is 13.7 Å². The van der Waals surface area contributed by atoms with Crippen molar-refractivity contribution < 1.29 is 4.74 Å². The number of nitrogens with two attached hydrogens (primary N) is 1. The fraction of sp³-hybridized carbons (Fsp3) is 0.273. The summed E-state index contributed by atoms with van der Waals surface area (Å²) in [5, 5.41) is 0.670. The van der Waals surface area contributed by atoms with Crippen molar-refractivity contribution >= 4 is 17.7 Å². The summed E-state index contributed by atoms with van der Waals surface area (Å²) >= 11 is 5.93. The molecule has 0 saturated carbocycles. The molecule has 1 aromatic rings. The molecule has 1 aromatic carbocycles. The lowest BCUT2D eigenvalue weighted by molar-refractivity contribution is 0.411. The quantitative estimate of drug-likeness (QED) is 0.834. The Morgan fingerprint density at radius 3 is 2.79 bits per heavy atom. The topological polar surface area (TPSA) is 35.2 Å². The second kappa shape index (κ2) is 5.03. The van der Waals surface area contributed by atoms with Crippen LogP contribution >= 0.6 is 11.6 Å². The molecule has 2 nitrogen and oxygen atoms in total. The first kappa shape index (κ1) is 11.1. The molecule has 0 spiro atoms. The van der Waals surface area contributed by atoms with Gasteiger partial charge in [0, 0.05) is 11.6 Å². The first-order valence-corrected chi connectivity index (χ1v) is 4.77. The minimum absolute atomic E-state index is 0.522. The lowest BCUT2D eigenvalue weighted by Crippen LogP contribution is -1.93. The molecule has 1 rings (SSSR count). The van der Waals surface area contributed by atoms with Crippen LogP contribution in [0.3, 0.4) is 0 Å². The van der Waals surface area contributed by atoms with Crippen LogP contribution in [0.2, 0.25) is 5.02 Å². The SMILES string of the molecule is COc1cc(Cl)cc(/C=C/CN)c1C. The van der Waals surface area contributed by atoms with Crippen molar-refractivity contribution in [1.29, 1.82) is 0 Å². The molecule has 0 bridgehead atoms. The molecule has 0 aliphatic rings. The summed E-state index contributed by atoms with van der Waals surface area (Å²) in [4.78, 5) is 0. The number of halogens is 1. The summed E-state index contributed by atoms with van der Waals surface area (Å²) in [6.45, 7) is 2.51. The number of hydrogen-bond acceptors (Lipinski definition) is 2. The molecule has 0 amide bonds. The van der Waals surface area contributed by atoms with E-state index in [0.29, 0.717) is 11.6 Å². The maximum atomic E-state index is 5.93. The van der Waals surface area contributed by atoms with Gasteiger partial charge in [0.15, 0.2) is 0 Å². The van der Waals surface area contributed by atoms with Crippen molar-refractivity contribution in [3.8, 4) is 5.75 Å². The average Bonchev–Trinajstić information content (AvgIpc) is 2.18. The van der Waals surface area contributed by atoms with Crippen LogP contribution in [0.1, 0.15) is 11.1 Å². The Bertz CT molecular complexity index is 347. The van der Waals surface area contributed by atoms with Gasteiger partial charge in [0.25, 0.3) is 0 Å². The molecular formula is C11H14ClNO. The van der Waals surface area contributed by atoms with Crippen molar-refractivity contribution in [2.24, 2.45) is 5.73 Å². The normalized spacial score (nSPS) is 10.9. The van der Waals surface area contributed by atoms with E-state index in [2.05, 4.69) is 0 Å². The maximum Gasteiger partial charge on any atom is 0.123 e. The summed E-state index contributed by atoms with van der Waals surface area (Å²) < 4.78 is 5.20. The number of rotatable bonds is 3. The Labute approximate surface area is 89.3 Å². The van der Waals surface area contributed by atoms with E-state index in [9.17, 15) is 0 Å². The predicted octanol–water partition coefficient (Wildman–Crippen LogP) is 2.63. The van der Waals surface area contributed by atoms with Gasteiger partial charge in [-0.2, -0.15) is 0 Å². The van der Waals surface area contributed by atoms with E-state index in [-0.39, 0.29) is 0 Å². The first-order valence-electron chi connectivity index (χ1n) is 4.39. The summed E-state index contributed by atoms with van der Waals surface area (Å²) in [6.07, 6.45) is 3.84. The Morgan fingerprint density at radius 1 is 1.50 bits per heavy atom. The van der Waals surface area contributed by atoms with E-state index in [4.69, 9.17) is 22.1 Å². The van der Waals surface area contributed by atoms with Crippen LogP contribution in [-0.2, 0) is 0 Å². The maximum absolute atomic E-state index is 5.93. The Balaban J connectivity index is 3.15. The van der Waals surface area contributed by atoms with E-state index < -0.39 is 0 Å². The molecule has 3 heteroatoms. The monoisotopic (exact) mass is 211 g/mol. The van der Waals surface area contributed by atoms with E-state index in [1.165, 1.54) is 0 Å². The fourth-order valence-corrected chi connectivity index (χ4v) is 1.47. The molecule has 2 N–H and O–H groups in total. The van der Waals surface area contributed by atoms with Gasteiger partial charge in [-0.3, -0.25) is 0 Å². The van der Waals surface area contributed by atoms with Crippen molar-refractivity contribution in [2.45, 2.75) is 6.92 Å². The number of ether oxygens (including phenoxy) is 1. The summed E-state index contributed by atoms with van der Waals surface area (Å²) in [5.74, 6) is 0.800. The smallest absolute Gasteiger partial charge is 0.123 e. The highest BCUT2D eigenvalue weighted by atomic mass is 35.5. The van der Waals surface area contributed by atoms with Gasteiger partial charge in [-0.25, -0.2) is 0 Å². The highest BCUT2D eigenvalue weighted by molar-refractivity contribution is 6.30. The zero-order valence-electron chi connectivity index (χ0n) is 8.38. The lowest BCUT2D eigenvalue weighted by Gasteiger charge is -2.08. The van der Waals surface area contributed by atoms with Crippen LogP contribution in [0.5, 0.6) is 5.75 Å². The van der Waals surface area contributed by atoms with Crippen LogP contribution in [0.25, 0.3) is 6.08 Å². The van der Waals surface area contributed by atoms with Crippen LogP contribution in [0.15, 0.2) is 18.2 Å². The van der Waals surface area contributed by atoms with Crippen molar-refractivity contribution in [1.82, 2.24) is 0 Å². The lowest BCUT2D eigenvalue weighted by atomic mass is 10.1. The van der Waals surface area contributed by atoms with Gasteiger partial charge in [0.05, 0.1) is 7.11 Å². The fourth-order valence-electron chi connectivity index (χ4n) is 1.25. The molecule has 0 radical (unpaired) electrons. The second-order valence-electron chi connectivity index (χ2n) is 2.96. The molecular weight excluding hydrogens is 198 g/mol. The van der Waals surface area contributed by atoms with E-state index in [1.807, 2.05) is 25.1 Å². The van der Waals surface area contributed by atoms with Crippen LogP contribution in [0.4, 0.5) is 0 Å². The van der Waals surface area contributed by atoms with Gasteiger partial charge >= 0.3 is 0 Å². The third-order valence-electron chi connectivity index (χ3n) is 2.02.